The van der Waals surface area contributed by atoms with Crippen LogP contribution in [-0.2, 0) is 36.8 Å². The molecule has 0 aromatic rings. The van der Waals surface area contributed by atoms with E-state index in [2.05, 4.69) is 0 Å². The second kappa shape index (κ2) is 30.1. The van der Waals surface area contributed by atoms with E-state index in [1.54, 1.807) is 0 Å². The summed E-state index contributed by atoms with van der Waals surface area (Å²) in [5.41, 5.74) is 0. The predicted octanol–water partition coefficient (Wildman–Crippen LogP) is -1.15. The van der Waals surface area contributed by atoms with Crippen LogP contribution in [-0.4, -0.2) is 51.4 Å². The minimum atomic E-state index is 0. The van der Waals surface area contributed by atoms with Gasteiger partial charge in [-0.05, 0) is 0 Å². The second-order valence-electron chi connectivity index (χ2n) is 0. The molecule has 0 unspecified atom stereocenters. The summed E-state index contributed by atoms with van der Waals surface area (Å²) in [6.07, 6.45) is 0. The zero-order chi connectivity index (χ0) is 0. The zero-order valence-corrected chi connectivity index (χ0v) is 10.7. The summed E-state index contributed by atoms with van der Waals surface area (Å²) >= 11 is 0. The molecule has 0 amide bonds. The van der Waals surface area contributed by atoms with Gasteiger partial charge in [0.15, 0.2) is 0 Å². The summed E-state index contributed by atoms with van der Waals surface area (Å²) < 4.78 is 0. The molecule has 5 heteroatoms. The third-order valence-electron chi connectivity index (χ3n) is 0. The molecular formula is AlCrMgSiZn. The van der Waals surface area contributed by atoms with E-state index >= 15 is 0 Å². The summed E-state index contributed by atoms with van der Waals surface area (Å²) in [4.78, 5) is 0. The van der Waals surface area contributed by atoms with Gasteiger partial charge in [-0.3, -0.25) is 0 Å². The normalized spacial score (nSPS) is 0. The molecule has 0 bridgehead atoms. The van der Waals surface area contributed by atoms with Gasteiger partial charge in [-0.15, -0.1) is 0 Å². The summed E-state index contributed by atoms with van der Waals surface area (Å²) in [6.45, 7) is 0. The molecule has 0 saturated carbocycles. The quantitative estimate of drug-likeness (QED) is 0.430. The standard InChI is InChI=1S/Al.Cr.Mg.Si.Zn. The summed E-state index contributed by atoms with van der Waals surface area (Å²) in [5.74, 6) is 0. The van der Waals surface area contributed by atoms with Crippen LogP contribution in [0, 0.1) is 0 Å². The molecule has 0 nitrogen and oxygen atoms in total. The van der Waals surface area contributed by atoms with Gasteiger partial charge in [-0.25, -0.2) is 0 Å². The minimum absolute atomic E-state index is 0. The van der Waals surface area contributed by atoms with Crippen molar-refractivity contribution < 1.29 is 36.8 Å². The van der Waals surface area contributed by atoms with Crippen molar-refractivity contribution in [2.24, 2.45) is 0 Å². The molecule has 17 valence electrons. The number of rotatable bonds is 0. The van der Waals surface area contributed by atoms with Crippen molar-refractivity contribution in [3.05, 3.63) is 0 Å². The topological polar surface area (TPSA) is 0 Å². The maximum Gasteiger partial charge on any atom is 0 e. The Labute approximate surface area is 87.0 Å². The molecule has 0 aliphatic heterocycles. The van der Waals surface area contributed by atoms with E-state index in [4.69, 9.17) is 0 Å². The van der Waals surface area contributed by atoms with Crippen LogP contribution >= 0.6 is 0 Å². The summed E-state index contributed by atoms with van der Waals surface area (Å²) in [6, 6.07) is 0. The van der Waals surface area contributed by atoms with Gasteiger partial charge in [0.2, 0.25) is 0 Å². The Balaban J connectivity index is 0. The fourth-order valence-corrected chi connectivity index (χ4v) is 0. The Morgan fingerprint density at radius 3 is 1.00 bits per heavy atom. The smallest absolute Gasteiger partial charge is 0 e. The zero-order valence-electron chi connectivity index (χ0n) is 2.90. The van der Waals surface area contributed by atoms with Crippen LogP contribution in [0.25, 0.3) is 0 Å². The Morgan fingerprint density at radius 1 is 1.00 bits per heavy atom. The van der Waals surface area contributed by atoms with E-state index in [1.165, 1.54) is 0 Å². The first-order valence-corrected chi connectivity index (χ1v) is 0. The van der Waals surface area contributed by atoms with Crippen molar-refractivity contribution in [1.29, 1.82) is 0 Å². The van der Waals surface area contributed by atoms with E-state index < -0.39 is 0 Å². The predicted molar refractivity (Wildman–Crippen MR) is 17.3 cm³/mol. The first-order valence-electron chi connectivity index (χ1n) is 0. The molecule has 0 aliphatic carbocycles. The van der Waals surface area contributed by atoms with Gasteiger partial charge < -0.3 is 0 Å². The molecule has 0 saturated heterocycles. The first kappa shape index (κ1) is 47.8. The average Bonchev–Trinajstić information content (AvgIpc) is 0. The average molecular weight is 197 g/mol. The Bertz CT molecular complexity index is 11.6. The van der Waals surface area contributed by atoms with Gasteiger partial charge in [0.05, 0.1) is 0 Å². The van der Waals surface area contributed by atoms with Gasteiger partial charge in [-0.2, -0.15) is 0 Å². The van der Waals surface area contributed by atoms with E-state index in [0.717, 1.165) is 0 Å². The van der Waals surface area contributed by atoms with Gasteiger partial charge >= 0.3 is 0 Å². The summed E-state index contributed by atoms with van der Waals surface area (Å²) in [5, 5.41) is 0. The minimum Gasteiger partial charge on any atom is 0 e. The molecule has 0 atom stereocenters. The van der Waals surface area contributed by atoms with Crippen molar-refractivity contribution in [3.8, 4) is 0 Å². The van der Waals surface area contributed by atoms with E-state index in [-0.39, 0.29) is 88.2 Å². The molecular weight excluding hydrogens is 197 g/mol. The van der Waals surface area contributed by atoms with Crippen LogP contribution in [0.5, 0.6) is 0 Å². The van der Waals surface area contributed by atoms with Crippen LogP contribution in [0.4, 0.5) is 0 Å². The van der Waals surface area contributed by atoms with Crippen LogP contribution in [0.3, 0.4) is 0 Å². The molecule has 0 rings (SSSR count). The fraction of sp³-hybridized carbons (Fsp3) is 0. The molecule has 0 spiro atoms. The molecule has 0 heterocycles. The SMILES string of the molecule is [Al].[Cr].[Mg].[Si].[Zn]. The third-order valence-corrected chi connectivity index (χ3v) is 0. The van der Waals surface area contributed by atoms with Gasteiger partial charge in [0.25, 0.3) is 0 Å². The fourth-order valence-electron chi connectivity index (χ4n) is 0. The maximum absolute atomic E-state index is 0. The molecule has 0 aromatic heterocycles. The number of hydrogen-bond donors (Lipinski definition) is 0. The van der Waals surface area contributed by atoms with E-state index in [0.29, 0.717) is 0 Å². The first-order chi connectivity index (χ1) is 0. The Morgan fingerprint density at radius 2 is 1.00 bits per heavy atom. The van der Waals surface area contributed by atoms with Crippen LogP contribution in [0.15, 0.2) is 0 Å². The largest absolute Gasteiger partial charge is 0 e. The van der Waals surface area contributed by atoms with E-state index in [9.17, 15) is 0 Å². The van der Waals surface area contributed by atoms with Crippen molar-refractivity contribution >= 4 is 51.4 Å². The van der Waals surface area contributed by atoms with Crippen molar-refractivity contribution in [3.63, 3.8) is 0 Å². The van der Waals surface area contributed by atoms with Crippen LogP contribution < -0.4 is 0 Å². The van der Waals surface area contributed by atoms with Crippen molar-refractivity contribution in [1.82, 2.24) is 0 Å². The summed E-state index contributed by atoms with van der Waals surface area (Å²) in [7, 11) is 0. The van der Waals surface area contributed by atoms with Crippen molar-refractivity contribution in [2.45, 2.75) is 0 Å². The molecule has 0 aliphatic rings. The van der Waals surface area contributed by atoms with Crippen LogP contribution in [0.1, 0.15) is 0 Å². The Kier molecular flexibility index (Phi) is 288. The van der Waals surface area contributed by atoms with E-state index in [1.807, 2.05) is 0 Å². The van der Waals surface area contributed by atoms with Gasteiger partial charge in [0.1, 0.15) is 0 Å². The van der Waals surface area contributed by atoms with Crippen molar-refractivity contribution in [2.75, 3.05) is 0 Å². The van der Waals surface area contributed by atoms with Crippen LogP contribution in [0.2, 0.25) is 0 Å². The third kappa shape index (κ3) is 20.4. The molecule has 0 aromatic carbocycles. The molecule has 5 heavy (non-hydrogen) atoms. The molecule has 0 N–H and O–H groups in total. The van der Waals surface area contributed by atoms with Gasteiger partial charge in [0, 0.05) is 88.2 Å². The monoisotopic (exact) mass is 195 g/mol. The molecule has 9 radical (unpaired) electrons. The molecule has 0 fully saturated rings. The maximum atomic E-state index is 0. The Hall–Kier alpha value is 2.67. The van der Waals surface area contributed by atoms with Gasteiger partial charge in [-0.1, -0.05) is 0 Å². The second-order valence-corrected chi connectivity index (χ2v) is 0. The number of hydrogen-bond acceptors (Lipinski definition) is 0.